The highest BCUT2D eigenvalue weighted by molar-refractivity contribution is 5.76. The molecule has 0 bridgehead atoms. The van der Waals surface area contributed by atoms with Gasteiger partial charge in [-0.15, -0.1) is 0 Å². The summed E-state index contributed by atoms with van der Waals surface area (Å²) >= 11 is 0. The van der Waals surface area contributed by atoms with Gasteiger partial charge in [0.05, 0.1) is 0 Å². The van der Waals surface area contributed by atoms with Gasteiger partial charge < -0.3 is 0 Å². The number of rotatable bonds is 4. The fraction of sp³-hybridized carbons (Fsp3) is 0.556. The molecule has 0 spiro atoms. The molecule has 0 saturated carbocycles. The smallest absolute Gasteiger partial charge is 0.103 e. The van der Waals surface area contributed by atoms with E-state index in [0.717, 1.165) is 18.7 Å². The number of hydrogen-bond donors (Lipinski definition) is 0. The average molecular weight is 165 g/mol. The van der Waals surface area contributed by atoms with E-state index in [4.69, 9.17) is 0 Å². The molecule has 1 aromatic rings. The molecular formula is C9H15N3. The van der Waals surface area contributed by atoms with Crippen molar-refractivity contribution in [2.45, 2.75) is 19.8 Å². The van der Waals surface area contributed by atoms with Crippen molar-refractivity contribution in [3.05, 3.63) is 18.0 Å². The van der Waals surface area contributed by atoms with Gasteiger partial charge in [-0.25, -0.2) is 0 Å². The minimum atomic E-state index is 0.910. The lowest BCUT2D eigenvalue weighted by Gasteiger charge is -1.87. The van der Waals surface area contributed by atoms with E-state index in [0.29, 0.717) is 0 Å². The zero-order chi connectivity index (χ0) is 8.81. The maximum atomic E-state index is 4.24. The zero-order valence-corrected chi connectivity index (χ0v) is 7.70. The van der Waals surface area contributed by atoms with E-state index in [1.165, 1.54) is 6.42 Å². The third kappa shape index (κ3) is 2.86. The Bertz CT molecular complexity index is 250. The van der Waals surface area contributed by atoms with Crippen LogP contribution in [0.15, 0.2) is 17.3 Å². The first-order valence-corrected chi connectivity index (χ1v) is 4.32. The highest BCUT2D eigenvalue weighted by Gasteiger charge is 1.89. The van der Waals surface area contributed by atoms with Gasteiger partial charge in [-0.1, -0.05) is 13.3 Å². The lowest BCUT2D eigenvalue weighted by Crippen LogP contribution is -1.90. The van der Waals surface area contributed by atoms with Gasteiger partial charge in [0.25, 0.3) is 0 Å². The van der Waals surface area contributed by atoms with Crippen molar-refractivity contribution < 1.29 is 0 Å². The fourth-order valence-corrected chi connectivity index (χ4v) is 0.909. The first kappa shape index (κ1) is 8.97. The zero-order valence-electron chi connectivity index (χ0n) is 7.70. The van der Waals surface area contributed by atoms with Crippen LogP contribution in [-0.4, -0.2) is 22.5 Å². The summed E-state index contributed by atoms with van der Waals surface area (Å²) in [6.45, 7) is 3.07. The van der Waals surface area contributed by atoms with Crippen LogP contribution in [0.1, 0.15) is 25.5 Å². The normalized spacial score (nSPS) is 11.2. The van der Waals surface area contributed by atoms with Crippen LogP contribution < -0.4 is 0 Å². The average Bonchev–Trinajstić information content (AvgIpc) is 2.45. The summed E-state index contributed by atoms with van der Waals surface area (Å²) in [5, 5.41) is 4.18. The van der Waals surface area contributed by atoms with Crippen LogP contribution in [0, 0.1) is 0 Å². The van der Waals surface area contributed by atoms with E-state index < -0.39 is 0 Å². The number of aryl methyl sites for hydroxylation is 1. The van der Waals surface area contributed by atoms with Crippen LogP contribution in [0.5, 0.6) is 0 Å². The third-order valence-corrected chi connectivity index (χ3v) is 1.60. The SMILES string of the molecule is CCCC/N=C/c1ccn(C)n1. The van der Waals surface area contributed by atoms with Crippen LogP contribution in [-0.2, 0) is 7.05 Å². The van der Waals surface area contributed by atoms with Crippen molar-refractivity contribution in [2.75, 3.05) is 6.54 Å². The van der Waals surface area contributed by atoms with Crippen molar-refractivity contribution in [1.29, 1.82) is 0 Å². The molecule has 3 heteroatoms. The van der Waals surface area contributed by atoms with E-state index in [2.05, 4.69) is 17.0 Å². The largest absolute Gasteiger partial charge is 0.291 e. The topological polar surface area (TPSA) is 30.2 Å². The summed E-state index contributed by atoms with van der Waals surface area (Å²) < 4.78 is 1.78. The Kier molecular flexibility index (Phi) is 3.51. The van der Waals surface area contributed by atoms with Gasteiger partial charge in [-0.05, 0) is 12.5 Å². The predicted molar refractivity (Wildman–Crippen MR) is 50.6 cm³/mol. The lowest BCUT2D eigenvalue weighted by atomic mass is 10.3. The molecule has 0 amide bonds. The summed E-state index contributed by atoms with van der Waals surface area (Å²) in [6.07, 6.45) is 6.10. The van der Waals surface area contributed by atoms with Gasteiger partial charge in [-0.3, -0.25) is 9.67 Å². The van der Waals surface area contributed by atoms with Crippen LogP contribution in [0.25, 0.3) is 0 Å². The van der Waals surface area contributed by atoms with Crippen molar-refractivity contribution in [2.24, 2.45) is 12.0 Å². The van der Waals surface area contributed by atoms with E-state index >= 15 is 0 Å². The minimum absolute atomic E-state index is 0.910. The monoisotopic (exact) mass is 165 g/mol. The molecule has 1 aromatic heterocycles. The molecule has 3 nitrogen and oxygen atoms in total. The molecule has 0 atom stereocenters. The van der Waals surface area contributed by atoms with Crippen molar-refractivity contribution in [1.82, 2.24) is 9.78 Å². The van der Waals surface area contributed by atoms with Crippen LogP contribution in [0.4, 0.5) is 0 Å². The van der Waals surface area contributed by atoms with Crippen molar-refractivity contribution >= 4 is 6.21 Å². The number of aromatic nitrogens is 2. The second kappa shape index (κ2) is 4.70. The van der Waals surface area contributed by atoms with Crippen LogP contribution in [0.2, 0.25) is 0 Å². The van der Waals surface area contributed by atoms with Crippen molar-refractivity contribution in [3.8, 4) is 0 Å². The Balaban J connectivity index is 2.36. The van der Waals surface area contributed by atoms with E-state index in [1.807, 2.05) is 25.5 Å². The lowest BCUT2D eigenvalue weighted by molar-refractivity contribution is 0.764. The highest BCUT2D eigenvalue weighted by atomic mass is 15.2. The van der Waals surface area contributed by atoms with Gasteiger partial charge in [0, 0.05) is 26.0 Å². The molecule has 0 unspecified atom stereocenters. The molecule has 0 aromatic carbocycles. The van der Waals surface area contributed by atoms with Gasteiger partial charge >= 0.3 is 0 Å². The summed E-state index contributed by atoms with van der Waals surface area (Å²) in [5.74, 6) is 0. The standard InChI is InChI=1S/C9H15N3/c1-3-4-6-10-8-9-5-7-12(2)11-9/h5,7-8H,3-4,6H2,1-2H3/b10-8+. The van der Waals surface area contributed by atoms with Crippen LogP contribution >= 0.6 is 0 Å². The van der Waals surface area contributed by atoms with Gasteiger partial charge in [0.15, 0.2) is 0 Å². The minimum Gasteiger partial charge on any atom is -0.291 e. The quantitative estimate of drug-likeness (QED) is 0.492. The van der Waals surface area contributed by atoms with E-state index in [1.54, 1.807) is 4.68 Å². The molecule has 1 heterocycles. The molecule has 0 aliphatic rings. The first-order chi connectivity index (χ1) is 5.83. The number of nitrogens with zero attached hydrogens (tertiary/aromatic N) is 3. The number of hydrogen-bond acceptors (Lipinski definition) is 2. The molecule has 0 saturated heterocycles. The third-order valence-electron chi connectivity index (χ3n) is 1.60. The Labute approximate surface area is 73.1 Å². The Hall–Kier alpha value is -1.12. The molecule has 1 rings (SSSR count). The van der Waals surface area contributed by atoms with Crippen LogP contribution in [0.3, 0.4) is 0 Å². The second-order valence-electron chi connectivity index (χ2n) is 2.80. The molecule has 0 radical (unpaired) electrons. The number of unbranched alkanes of at least 4 members (excludes halogenated alkanes) is 1. The predicted octanol–water partition coefficient (Wildman–Crippen LogP) is 1.64. The Morgan fingerprint density at radius 1 is 1.67 bits per heavy atom. The maximum absolute atomic E-state index is 4.24. The Morgan fingerprint density at radius 3 is 3.08 bits per heavy atom. The van der Waals surface area contributed by atoms with E-state index in [9.17, 15) is 0 Å². The summed E-state index contributed by atoms with van der Waals surface area (Å²) in [7, 11) is 1.91. The van der Waals surface area contributed by atoms with Gasteiger partial charge in [-0.2, -0.15) is 5.10 Å². The molecule has 0 fully saturated rings. The van der Waals surface area contributed by atoms with E-state index in [-0.39, 0.29) is 0 Å². The molecule has 12 heavy (non-hydrogen) atoms. The Morgan fingerprint density at radius 2 is 2.50 bits per heavy atom. The van der Waals surface area contributed by atoms with Gasteiger partial charge in [0.1, 0.15) is 5.69 Å². The number of aliphatic imine (C=N–C) groups is 1. The molecule has 0 aliphatic heterocycles. The molecule has 0 aliphatic carbocycles. The second-order valence-corrected chi connectivity index (χ2v) is 2.80. The molecule has 66 valence electrons. The molecular weight excluding hydrogens is 150 g/mol. The van der Waals surface area contributed by atoms with Gasteiger partial charge in [0.2, 0.25) is 0 Å². The van der Waals surface area contributed by atoms with Crippen molar-refractivity contribution in [3.63, 3.8) is 0 Å². The highest BCUT2D eigenvalue weighted by Crippen LogP contribution is 1.91. The summed E-state index contributed by atoms with van der Waals surface area (Å²) in [5.41, 5.74) is 0.939. The molecule has 0 N–H and O–H groups in total. The summed E-state index contributed by atoms with van der Waals surface area (Å²) in [6, 6.07) is 1.95. The first-order valence-electron chi connectivity index (χ1n) is 4.32. The maximum Gasteiger partial charge on any atom is 0.103 e. The summed E-state index contributed by atoms with van der Waals surface area (Å²) in [4.78, 5) is 4.24. The fourth-order valence-electron chi connectivity index (χ4n) is 0.909.